The van der Waals surface area contributed by atoms with E-state index in [0.29, 0.717) is 11.5 Å². The Morgan fingerprint density at radius 1 is 1.10 bits per heavy atom. The number of rotatable bonds is 3. The number of hydrogen-bond acceptors (Lipinski definition) is 5. The molecule has 1 aromatic heterocycles. The van der Waals surface area contributed by atoms with E-state index in [2.05, 4.69) is 34.6 Å². The molecule has 0 bridgehead atoms. The zero-order valence-corrected chi connectivity index (χ0v) is 16.4. The number of carboxylic acid groups (broad SMARTS) is 1. The van der Waals surface area contributed by atoms with Gasteiger partial charge in [0.1, 0.15) is 18.2 Å². The van der Waals surface area contributed by atoms with Crippen molar-refractivity contribution in [1.29, 1.82) is 0 Å². The summed E-state index contributed by atoms with van der Waals surface area (Å²) in [6, 6.07) is 16.3. The molecule has 1 atom stereocenters. The van der Waals surface area contributed by atoms with Gasteiger partial charge in [-0.2, -0.15) is 0 Å². The van der Waals surface area contributed by atoms with Crippen molar-refractivity contribution >= 4 is 17.9 Å². The lowest BCUT2D eigenvalue weighted by atomic mass is 9.97. The lowest BCUT2D eigenvalue weighted by Crippen LogP contribution is -2.40. The molecular formula is C22H20N4O4. The molecule has 0 fully saturated rings. The summed E-state index contributed by atoms with van der Waals surface area (Å²) in [5.41, 5.74) is 4.90. The minimum atomic E-state index is -0.969. The van der Waals surface area contributed by atoms with E-state index >= 15 is 0 Å². The highest BCUT2D eigenvalue weighted by atomic mass is 16.6. The first-order valence-electron chi connectivity index (χ1n) is 9.81. The summed E-state index contributed by atoms with van der Waals surface area (Å²) in [5.74, 6) is -1.40. The van der Waals surface area contributed by atoms with Gasteiger partial charge in [-0.3, -0.25) is 9.69 Å². The minimum Gasteiger partial charge on any atom is -0.481 e. The van der Waals surface area contributed by atoms with Crippen LogP contribution in [0.5, 0.6) is 0 Å². The van der Waals surface area contributed by atoms with Crippen LogP contribution in [0.2, 0.25) is 0 Å². The van der Waals surface area contributed by atoms with Gasteiger partial charge in [0.15, 0.2) is 5.82 Å². The molecular weight excluding hydrogens is 384 g/mol. The number of ether oxygens (including phenoxy) is 1. The minimum absolute atomic E-state index is 0.0398. The average molecular weight is 404 g/mol. The van der Waals surface area contributed by atoms with Crippen LogP contribution in [0, 0.1) is 0 Å². The lowest BCUT2D eigenvalue weighted by molar-refractivity contribution is -0.139. The second-order valence-corrected chi connectivity index (χ2v) is 7.56. The van der Waals surface area contributed by atoms with Crippen molar-refractivity contribution in [1.82, 2.24) is 15.0 Å². The van der Waals surface area contributed by atoms with Crippen LogP contribution in [0.1, 0.15) is 35.1 Å². The Bertz CT molecular complexity index is 1110. The fourth-order valence-electron chi connectivity index (χ4n) is 4.50. The summed E-state index contributed by atoms with van der Waals surface area (Å²) in [6.45, 7) is 0.439. The molecule has 1 aliphatic carbocycles. The molecule has 0 saturated heterocycles. The van der Waals surface area contributed by atoms with E-state index in [0.717, 1.165) is 22.3 Å². The number of nitrogens with zero attached hydrogens (tertiary/aromatic N) is 4. The van der Waals surface area contributed by atoms with Crippen LogP contribution in [-0.4, -0.2) is 45.3 Å². The van der Waals surface area contributed by atoms with Crippen molar-refractivity contribution < 1.29 is 19.4 Å². The van der Waals surface area contributed by atoms with Crippen molar-refractivity contribution in [2.24, 2.45) is 7.05 Å². The van der Waals surface area contributed by atoms with Crippen molar-refractivity contribution in [2.45, 2.75) is 18.3 Å². The van der Waals surface area contributed by atoms with E-state index in [1.807, 2.05) is 24.3 Å². The van der Waals surface area contributed by atoms with Crippen LogP contribution in [-0.2, 0) is 16.6 Å². The molecule has 1 N–H and O–H groups in total. The largest absolute Gasteiger partial charge is 0.481 e. The number of aryl methyl sites for hydroxylation is 1. The fraction of sp³-hybridized carbons (Fsp3) is 0.273. The van der Waals surface area contributed by atoms with Gasteiger partial charge < -0.3 is 9.84 Å². The molecule has 2 heterocycles. The van der Waals surface area contributed by atoms with Gasteiger partial charge in [0.05, 0.1) is 0 Å². The van der Waals surface area contributed by atoms with Crippen molar-refractivity contribution in [2.75, 3.05) is 18.1 Å². The van der Waals surface area contributed by atoms with Crippen molar-refractivity contribution in [3.8, 4) is 11.1 Å². The second kappa shape index (κ2) is 6.98. The molecule has 8 nitrogen and oxygen atoms in total. The van der Waals surface area contributed by atoms with Gasteiger partial charge in [0.2, 0.25) is 0 Å². The van der Waals surface area contributed by atoms with Gasteiger partial charge in [-0.15, -0.1) is 5.10 Å². The van der Waals surface area contributed by atoms with Gasteiger partial charge in [0.25, 0.3) is 0 Å². The number of benzene rings is 2. The van der Waals surface area contributed by atoms with Gasteiger partial charge in [-0.05, 0) is 28.7 Å². The average Bonchev–Trinajstić information content (AvgIpc) is 3.30. The molecule has 3 aromatic rings. The highest BCUT2D eigenvalue weighted by Gasteiger charge is 2.38. The quantitative estimate of drug-likeness (QED) is 0.720. The topological polar surface area (TPSA) is 97.5 Å². The molecule has 2 aromatic carbocycles. The van der Waals surface area contributed by atoms with E-state index in [4.69, 9.17) is 4.74 Å². The first-order valence-corrected chi connectivity index (χ1v) is 9.81. The third kappa shape index (κ3) is 2.75. The molecule has 8 heteroatoms. The number of carbonyl (C=O) groups excluding carboxylic acids is 1. The summed E-state index contributed by atoms with van der Waals surface area (Å²) in [7, 11) is 1.64. The van der Waals surface area contributed by atoms with Gasteiger partial charge in [-0.1, -0.05) is 53.7 Å². The summed E-state index contributed by atoms with van der Waals surface area (Å²) in [5, 5.41) is 17.3. The smallest absolute Gasteiger partial charge is 0.415 e. The van der Waals surface area contributed by atoms with E-state index in [1.165, 1.54) is 9.58 Å². The third-order valence-electron chi connectivity index (χ3n) is 5.90. The number of aromatic nitrogens is 3. The summed E-state index contributed by atoms with van der Waals surface area (Å²) >= 11 is 0. The number of carbonyl (C=O) groups is 2. The zero-order chi connectivity index (χ0) is 20.8. The molecule has 1 amide bonds. The molecule has 2 aliphatic rings. The van der Waals surface area contributed by atoms with Crippen LogP contribution >= 0.6 is 0 Å². The molecule has 0 saturated carbocycles. The molecule has 152 valence electrons. The molecule has 30 heavy (non-hydrogen) atoms. The lowest BCUT2D eigenvalue weighted by Gasteiger charge is -2.29. The number of hydrogen-bond donors (Lipinski definition) is 1. The highest BCUT2D eigenvalue weighted by molar-refractivity contribution is 5.90. The second-order valence-electron chi connectivity index (χ2n) is 7.56. The Morgan fingerprint density at radius 3 is 2.37 bits per heavy atom. The number of fused-ring (bicyclic) bond motifs is 4. The van der Waals surface area contributed by atoms with Crippen LogP contribution in [0.4, 0.5) is 10.6 Å². The third-order valence-corrected chi connectivity index (χ3v) is 5.90. The predicted molar refractivity (Wildman–Crippen MR) is 108 cm³/mol. The number of aliphatic carboxylic acids is 1. The van der Waals surface area contributed by atoms with Crippen LogP contribution in [0.3, 0.4) is 0 Å². The molecule has 1 aliphatic heterocycles. The predicted octanol–water partition coefficient (Wildman–Crippen LogP) is 3.14. The van der Waals surface area contributed by atoms with Gasteiger partial charge in [0, 0.05) is 19.5 Å². The first-order chi connectivity index (χ1) is 14.6. The summed E-state index contributed by atoms with van der Waals surface area (Å²) in [6.07, 6.45) is -0.252. The molecule has 5 rings (SSSR count). The molecule has 0 spiro atoms. The van der Waals surface area contributed by atoms with Crippen molar-refractivity contribution in [3.63, 3.8) is 0 Å². The van der Waals surface area contributed by atoms with E-state index in [-0.39, 0.29) is 25.5 Å². The maximum Gasteiger partial charge on any atom is 0.415 e. The Balaban J connectivity index is 1.39. The zero-order valence-electron chi connectivity index (χ0n) is 16.4. The maximum atomic E-state index is 13.0. The SMILES string of the molecule is Cn1nnc2c1N(C(=O)OCC1c3ccccc3-c3ccccc31)CCC2C(=O)O. The molecule has 1 unspecified atom stereocenters. The van der Waals surface area contributed by atoms with E-state index in [1.54, 1.807) is 7.05 Å². The molecule has 0 radical (unpaired) electrons. The van der Waals surface area contributed by atoms with Crippen LogP contribution in [0.25, 0.3) is 11.1 Å². The van der Waals surface area contributed by atoms with Gasteiger partial charge >= 0.3 is 12.1 Å². The van der Waals surface area contributed by atoms with Crippen LogP contribution < -0.4 is 4.90 Å². The summed E-state index contributed by atoms with van der Waals surface area (Å²) in [4.78, 5) is 25.9. The van der Waals surface area contributed by atoms with E-state index in [9.17, 15) is 14.7 Å². The number of anilines is 1. The Labute approximate surface area is 172 Å². The van der Waals surface area contributed by atoms with Gasteiger partial charge in [-0.25, -0.2) is 9.48 Å². The standard InChI is InChI=1S/C22H20N4O4/c1-25-20-19(23-24-25)17(21(27)28)10-11-26(20)22(29)30-12-18-15-8-4-2-6-13(15)14-7-3-5-9-16(14)18/h2-9,17-18H,10-12H2,1H3,(H,27,28). The van der Waals surface area contributed by atoms with Crippen molar-refractivity contribution in [3.05, 3.63) is 65.4 Å². The summed E-state index contributed by atoms with van der Waals surface area (Å²) < 4.78 is 7.15. The van der Waals surface area contributed by atoms with Crippen LogP contribution in [0.15, 0.2) is 48.5 Å². The Kier molecular flexibility index (Phi) is 4.27. The monoisotopic (exact) mass is 404 g/mol. The fourth-order valence-corrected chi connectivity index (χ4v) is 4.50. The number of amides is 1. The number of carboxylic acids is 1. The highest BCUT2D eigenvalue weighted by Crippen LogP contribution is 2.44. The Hall–Kier alpha value is -3.68. The maximum absolute atomic E-state index is 13.0. The first kappa shape index (κ1) is 18.4. The Morgan fingerprint density at radius 2 is 1.73 bits per heavy atom. The normalized spacial score (nSPS) is 17.2. The van der Waals surface area contributed by atoms with E-state index < -0.39 is 18.0 Å².